The summed E-state index contributed by atoms with van der Waals surface area (Å²) in [7, 11) is 0. The molecule has 3 aromatic rings. The van der Waals surface area contributed by atoms with Crippen LogP contribution in [0.1, 0.15) is 26.5 Å². The van der Waals surface area contributed by atoms with E-state index in [2.05, 4.69) is 15.3 Å². The molecule has 0 atom stereocenters. The van der Waals surface area contributed by atoms with E-state index < -0.39 is 11.9 Å². The van der Waals surface area contributed by atoms with Crippen LogP contribution in [0.25, 0.3) is 11.3 Å². The standard InChI is InChI=1S/C15H10N4O5/c20-14(21)10-3-9(4-11(5-10)15(22)23)13-2-1-12(24-13)6-18-19-7-16-17-8-19/h1-8H,(H,20,21)(H,22,23). The average Bonchev–Trinajstić information content (AvgIpc) is 3.24. The van der Waals surface area contributed by atoms with Crippen molar-refractivity contribution in [3.8, 4) is 11.3 Å². The van der Waals surface area contributed by atoms with E-state index in [4.69, 9.17) is 14.6 Å². The normalized spacial score (nSPS) is 11.0. The number of benzene rings is 1. The second-order valence-corrected chi connectivity index (χ2v) is 4.70. The smallest absolute Gasteiger partial charge is 0.335 e. The zero-order chi connectivity index (χ0) is 17.1. The highest BCUT2D eigenvalue weighted by atomic mass is 16.4. The number of aromatic carboxylic acids is 2. The van der Waals surface area contributed by atoms with Gasteiger partial charge in [-0.15, -0.1) is 10.2 Å². The van der Waals surface area contributed by atoms with Crippen LogP contribution < -0.4 is 0 Å². The maximum atomic E-state index is 11.1. The minimum atomic E-state index is -1.22. The highest BCUT2D eigenvalue weighted by Crippen LogP contribution is 2.24. The molecule has 0 aliphatic carbocycles. The lowest BCUT2D eigenvalue weighted by molar-refractivity contribution is 0.0696. The summed E-state index contributed by atoms with van der Waals surface area (Å²) >= 11 is 0. The van der Waals surface area contributed by atoms with Gasteiger partial charge in [-0.2, -0.15) is 5.10 Å². The molecule has 9 heteroatoms. The molecule has 120 valence electrons. The summed E-state index contributed by atoms with van der Waals surface area (Å²) < 4.78 is 6.92. The Morgan fingerprint density at radius 2 is 1.67 bits per heavy atom. The lowest BCUT2D eigenvalue weighted by Gasteiger charge is -2.03. The van der Waals surface area contributed by atoms with Gasteiger partial charge < -0.3 is 14.6 Å². The molecule has 0 radical (unpaired) electrons. The Hall–Kier alpha value is -3.75. The summed E-state index contributed by atoms with van der Waals surface area (Å²) in [6.45, 7) is 0. The molecule has 1 aromatic carbocycles. The van der Waals surface area contributed by atoms with Crippen molar-refractivity contribution in [1.82, 2.24) is 14.9 Å². The number of furan rings is 1. The molecule has 2 heterocycles. The minimum absolute atomic E-state index is 0.138. The molecular formula is C15H10N4O5. The Bertz CT molecular complexity index is 895. The van der Waals surface area contributed by atoms with E-state index in [1.807, 2.05) is 0 Å². The van der Waals surface area contributed by atoms with Crippen molar-refractivity contribution in [3.05, 3.63) is 59.9 Å². The number of carbonyl (C=O) groups is 2. The second-order valence-electron chi connectivity index (χ2n) is 4.70. The van der Waals surface area contributed by atoms with Crippen LogP contribution >= 0.6 is 0 Å². The third kappa shape index (κ3) is 3.19. The van der Waals surface area contributed by atoms with Crippen molar-refractivity contribution in [2.75, 3.05) is 0 Å². The van der Waals surface area contributed by atoms with Crippen LogP contribution in [0.4, 0.5) is 0 Å². The topological polar surface area (TPSA) is 131 Å². The van der Waals surface area contributed by atoms with Crippen LogP contribution in [-0.2, 0) is 0 Å². The molecule has 2 N–H and O–H groups in total. The molecule has 0 unspecified atom stereocenters. The van der Waals surface area contributed by atoms with Crippen molar-refractivity contribution in [3.63, 3.8) is 0 Å². The summed E-state index contributed by atoms with van der Waals surface area (Å²) in [5.41, 5.74) is 0.0678. The average molecular weight is 326 g/mol. The molecule has 0 aliphatic heterocycles. The molecule has 9 nitrogen and oxygen atoms in total. The summed E-state index contributed by atoms with van der Waals surface area (Å²) in [6.07, 6.45) is 4.22. The molecule has 0 saturated heterocycles. The fourth-order valence-corrected chi connectivity index (χ4v) is 1.97. The van der Waals surface area contributed by atoms with Crippen molar-refractivity contribution in [2.24, 2.45) is 5.10 Å². The van der Waals surface area contributed by atoms with Gasteiger partial charge in [0.15, 0.2) is 0 Å². The zero-order valence-electron chi connectivity index (χ0n) is 12.0. The van der Waals surface area contributed by atoms with Gasteiger partial charge in [-0.25, -0.2) is 14.3 Å². The first-order valence-corrected chi connectivity index (χ1v) is 6.64. The van der Waals surface area contributed by atoms with E-state index in [1.165, 1.54) is 35.7 Å². The number of hydrogen-bond acceptors (Lipinski definition) is 6. The molecule has 0 fully saturated rings. The lowest BCUT2D eigenvalue weighted by atomic mass is 10.0. The lowest BCUT2D eigenvalue weighted by Crippen LogP contribution is -2.02. The Balaban J connectivity index is 1.94. The summed E-state index contributed by atoms with van der Waals surface area (Å²) in [6, 6.07) is 6.99. The van der Waals surface area contributed by atoms with E-state index in [1.54, 1.807) is 12.1 Å². The third-order valence-electron chi connectivity index (χ3n) is 3.06. The monoisotopic (exact) mass is 326 g/mol. The quantitative estimate of drug-likeness (QED) is 0.683. The number of hydrogen-bond donors (Lipinski definition) is 2. The maximum absolute atomic E-state index is 11.1. The molecule has 0 spiro atoms. The van der Waals surface area contributed by atoms with Crippen molar-refractivity contribution < 1.29 is 24.2 Å². The molecular weight excluding hydrogens is 316 g/mol. The van der Waals surface area contributed by atoms with E-state index >= 15 is 0 Å². The maximum Gasteiger partial charge on any atom is 0.335 e. The highest BCUT2D eigenvalue weighted by Gasteiger charge is 2.14. The van der Waals surface area contributed by atoms with Crippen LogP contribution in [-0.4, -0.2) is 43.2 Å². The van der Waals surface area contributed by atoms with Gasteiger partial charge in [0.1, 0.15) is 24.2 Å². The van der Waals surface area contributed by atoms with Crippen molar-refractivity contribution in [2.45, 2.75) is 0 Å². The van der Waals surface area contributed by atoms with Crippen molar-refractivity contribution in [1.29, 1.82) is 0 Å². The first-order valence-electron chi connectivity index (χ1n) is 6.64. The number of aromatic nitrogens is 3. The predicted octanol–water partition coefficient (Wildman–Crippen LogP) is 1.82. The highest BCUT2D eigenvalue weighted by molar-refractivity contribution is 5.96. The van der Waals surface area contributed by atoms with E-state index in [9.17, 15) is 9.59 Å². The molecule has 0 saturated carbocycles. The molecule has 24 heavy (non-hydrogen) atoms. The van der Waals surface area contributed by atoms with Crippen LogP contribution in [0, 0.1) is 0 Å². The van der Waals surface area contributed by atoms with Gasteiger partial charge in [0.05, 0.1) is 17.3 Å². The Morgan fingerprint density at radius 3 is 2.25 bits per heavy atom. The Morgan fingerprint density at radius 1 is 1.04 bits per heavy atom. The molecule has 2 aromatic heterocycles. The van der Waals surface area contributed by atoms with Gasteiger partial charge in [-0.05, 0) is 30.3 Å². The molecule has 0 bridgehead atoms. The first kappa shape index (κ1) is 15.2. The number of carboxylic acid groups (broad SMARTS) is 2. The third-order valence-corrected chi connectivity index (χ3v) is 3.06. The first-order chi connectivity index (χ1) is 11.5. The van der Waals surface area contributed by atoms with Gasteiger partial charge in [0.2, 0.25) is 0 Å². The predicted molar refractivity (Wildman–Crippen MR) is 81.1 cm³/mol. The molecule has 3 rings (SSSR count). The molecule has 0 amide bonds. The van der Waals surface area contributed by atoms with Crippen molar-refractivity contribution >= 4 is 18.2 Å². The largest absolute Gasteiger partial charge is 0.478 e. The Kier molecular flexibility index (Phi) is 3.89. The second kappa shape index (κ2) is 6.16. The van der Waals surface area contributed by atoms with Crippen LogP contribution in [0.2, 0.25) is 0 Å². The van der Waals surface area contributed by atoms with E-state index in [-0.39, 0.29) is 11.1 Å². The summed E-state index contributed by atoms with van der Waals surface area (Å²) in [4.78, 5) is 22.3. The van der Waals surface area contributed by atoms with E-state index in [0.29, 0.717) is 17.1 Å². The van der Waals surface area contributed by atoms with E-state index in [0.717, 1.165) is 6.07 Å². The van der Waals surface area contributed by atoms with Gasteiger partial charge in [0.25, 0.3) is 0 Å². The summed E-state index contributed by atoms with van der Waals surface area (Å²) in [5.74, 6) is -1.72. The fraction of sp³-hybridized carbons (Fsp3) is 0. The zero-order valence-corrected chi connectivity index (χ0v) is 12.0. The SMILES string of the molecule is O=C(O)c1cc(C(=O)O)cc(-c2ccc(C=Nn3cnnc3)o2)c1. The number of carboxylic acids is 2. The van der Waals surface area contributed by atoms with Crippen LogP contribution in [0.5, 0.6) is 0 Å². The van der Waals surface area contributed by atoms with Crippen LogP contribution in [0.15, 0.2) is 52.5 Å². The Labute approximate surface area is 134 Å². The number of rotatable bonds is 5. The minimum Gasteiger partial charge on any atom is -0.478 e. The van der Waals surface area contributed by atoms with Gasteiger partial charge in [-0.1, -0.05) is 0 Å². The van der Waals surface area contributed by atoms with Gasteiger partial charge in [0, 0.05) is 5.56 Å². The number of nitrogens with zero attached hydrogens (tertiary/aromatic N) is 4. The fourth-order valence-electron chi connectivity index (χ4n) is 1.97. The summed E-state index contributed by atoms with van der Waals surface area (Å²) in [5, 5.41) is 29.4. The molecule has 0 aliphatic rings. The van der Waals surface area contributed by atoms with Gasteiger partial charge >= 0.3 is 11.9 Å². The van der Waals surface area contributed by atoms with Crippen LogP contribution in [0.3, 0.4) is 0 Å². The van der Waals surface area contributed by atoms with Gasteiger partial charge in [-0.3, -0.25) is 0 Å².